The van der Waals surface area contributed by atoms with Gasteiger partial charge in [0.1, 0.15) is 9.84 Å². The lowest BCUT2D eigenvalue weighted by molar-refractivity contribution is 0.464. The third-order valence-electron chi connectivity index (χ3n) is 2.03. The molecule has 1 aromatic heterocycles. The Morgan fingerprint density at radius 2 is 1.88 bits per heavy atom. The van der Waals surface area contributed by atoms with Gasteiger partial charge >= 0.3 is 0 Å². The van der Waals surface area contributed by atoms with Crippen LogP contribution in [0.2, 0.25) is 0 Å². The van der Waals surface area contributed by atoms with Crippen LogP contribution in [0, 0.1) is 17.6 Å². The van der Waals surface area contributed by atoms with Gasteiger partial charge < -0.3 is 4.90 Å². The van der Waals surface area contributed by atoms with Crippen LogP contribution in [0.5, 0.6) is 0 Å². The minimum Gasteiger partial charge on any atom is -0.356 e. The summed E-state index contributed by atoms with van der Waals surface area (Å²) in [7, 11) is -1.88. The average Bonchev–Trinajstić information content (AvgIpc) is 2.19. The number of halogens is 3. The number of sulfone groups is 1. The van der Waals surface area contributed by atoms with Crippen LogP contribution in [-0.4, -0.2) is 39.0 Å². The van der Waals surface area contributed by atoms with Crippen LogP contribution in [-0.2, 0) is 9.84 Å². The van der Waals surface area contributed by atoms with Crippen LogP contribution in [0.3, 0.4) is 0 Å². The minimum absolute atomic E-state index is 0.0617. The van der Waals surface area contributed by atoms with Gasteiger partial charge in [0.2, 0.25) is 0 Å². The largest absolute Gasteiger partial charge is 0.356 e. The Morgan fingerprint density at radius 1 is 1.29 bits per heavy atom. The Labute approximate surface area is 97.0 Å². The molecule has 0 N–H and O–H groups in total. The van der Waals surface area contributed by atoms with Gasteiger partial charge in [-0.3, -0.25) is 0 Å². The van der Waals surface area contributed by atoms with E-state index in [2.05, 4.69) is 4.98 Å². The van der Waals surface area contributed by atoms with E-state index in [4.69, 9.17) is 0 Å². The molecule has 0 atom stereocenters. The van der Waals surface area contributed by atoms with Gasteiger partial charge in [0.15, 0.2) is 17.5 Å². The van der Waals surface area contributed by atoms with E-state index >= 15 is 0 Å². The maximum atomic E-state index is 13.2. The second-order valence-corrected chi connectivity index (χ2v) is 5.88. The molecular weight excluding hydrogens is 257 g/mol. The van der Waals surface area contributed by atoms with Gasteiger partial charge in [-0.1, -0.05) is 0 Å². The van der Waals surface area contributed by atoms with E-state index in [0.29, 0.717) is 6.07 Å². The number of hydrogen-bond acceptors (Lipinski definition) is 4. The molecule has 96 valence electrons. The highest BCUT2D eigenvalue weighted by Crippen LogP contribution is 2.17. The van der Waals surface area contributed by atoms with Crippen LogP contribution >= 0.6 is 0 Å². The second-order valence-electron chi connectivity index (χ2n) is 3.62. The van der Waals surface area contributed by atoms with E-state index in [9.17, 15) is 21.6 Å². The van der Waals surface area contributed by atoms with Crippen molar-refractivity contribution in [1.82, 2.24) is 4.98 Å². The average molecular weight is 268 g/mol. The van der Waals surface area contributed by atoms with Crippen LogP contribution in [0.25, 0.3) is 0 Å². The van der Waals surface area contributed by atoms with E-state index in [0.717, 1.165) is 11.2 Å². The summed E-state index contributed by atoms with van der Waals surface area (Å²) in [4.78, 5) is 4.20. The molecule has 0 spiro atoms. The van der Waals surface area contributed by atoms with Gasteiger partial charge in [-0.15, -0.1) is 0 Å². The molecule has 0 aromatic carbocycles. The highest BCUT2D eigenvalue weighted by molar-refractivity contribution is 7.90. The summed E-state index contributed by atoms with van der Waals surface area (Å²) < 4.78 is 60.4. The molecule has 0 bridgehead atoms. The van der Waals surface area contributed by atoms with E-state index in [-0.39, 0.29) is 12.3 Å². The molecule has 0 aliphatic heterocycles. The molecule has 1 aromatic rings. The quantitative estimate of drug-likeness (QED) is 0.764. The minimum atomic E-state index is -3.22. The Morgan fingerprint density at radius 3 is 2.41 bits per heavy atom. The van der Waals surface area contributed by atoms with Crippen LogP contribution in [0.4, 0.5) is 19.0 Å². The molecule has 0 unspecified atom stereocenters. The van der Waals surface area contributed by atoms with Gasteiger partial charge in [-0.25, -0.2) is 17.2 Å². The van der Waals surface area contributed by atoms with Gasteiger partial charge in [0.05, 0.1) is 5.75 Å². The van der Waals surface area contributed by atoms with Gasteiger partial charge in [-0.2, -0.15) is 9.37 Å². The van der Waals surface area contributed by atoms with Crippen molar-refractivity contribution >= 4 is 15.7 Å². The SMILES string of the molecule is CN(CCS(C)(=O)=O)c1nc(F)c(F)cc1F. The molecule has 4 nitrogen and oxygen atoms in total. The molecule has 0 aliphatic carbocycles. The Bertz CT molecular complexity index is 519. The highest BCUT2D eigenvalue weighted by Gasteiger charge is 2.16. The van der Waals surface area contributed by atoms with Crippen LogP contribution in [0.15, 0.2) is 6.07 Å². The first-order chi connectivity index (χ1) is 7.70. The standard InChI is InChI=1S/C9H11F3N2O2S/c1-14(3-4-17(2,15)16)9-7(11)5-6(10)8(12)13-9/h5H,3-4H2,1-2H3. The molecule has 0 radical (unpaired) electrons. The summed E-state index contributed by atoms with van der Waals surface area (Å²) in [6.07, 6.45) is 1.02. The lowest BCUT2D eigenvalue weighted by Crippen LogP contribution is -2.27. The number of hydrogen-bond donors (Lipinski definition) is 0. The summed E-state index contributed by atoms with van der Waals surface area (Å²) in [5, 5.41) is 0. The Kier molecular flexibility index (Phi) is 3.97. The predicted molar refractivity (Wildman–Crippen MR) is 57.1 cm³/mol. The molecule has 17 heavy (non-hydrogen) atoms. The van der Waals surface area contributed by atoms with E-state index in [1.54, 1.807) is 0 Å². The first kappa shape index (κ1) is 13.8. The second kappa shape index (κ2) is 4.91. The normalized spacial score (nSPS) is 11.6. The predicted octanol–water partition coefficient (Wildman–Crippen LogP) is 0.980. The van der Waals surface area contributed by atoms with Crippen molar-refractivity contribution in [2.45, 2.75) is 0 Å². The third kappa shape index (κ3) is 3.88. The Balaban J connectivity index is 2.89. The Hall–Kier alpha value is -1.31. The lowest BCUT2D eigenvalue weighted by Gasteiger charge is -2.18. The molecular formula is C9H11F3N2O2S. The molecule has 0 aliphatic rings. The van der Waals surface area contributed by atoms with Crippen molar-refractivity contribution in [3.8, 4) is 0 Å². The summed E-state index contributed by atoms with van der Waals surface area (Å²) in [5.74, 6) is -4.51. The smallest absolute Gasteiger partial charge is 0.251 e. The number of pyridine rings is 1. The molecule has 1 heterocycles. The third-order valence-corrected chi connectivity index (χ3v) is 2.95. The van der Waals surface area contributed by atoms with Gasteiger partial charge in [0, 0.05) is 25.9 Å². The van der Waals surface area contributed by atoms with Crippen LogP contribution in [0.1, 0.15) is 0 Å². The molecule has 0 saturated carbocycles. The van der Waals surface area contributed by atoms with Crippen LogP contribution < -0.4 is 4.90 Å². The number of anilines is 1. The maximum Gasteiger partial charge on any atom is 0.251 e. The zero-order valence-corrected chi connectivity index (χ0v) is 10.1. The molecule has 0 fully saturated rings. The van der Waals surface area contributed by atoms with Crippen molar-refractivity contribution in [2.24, 2.45) is 0 Å². The number of rotatable bonds is 4. The molecule has 8 heteroatoms. The fraction of sp³-hybridized carbons (Fsp3) is 0.444. The zero-order chi connectivity index (χ0) is 13.2. The van der Waals surface area contributed by atoms with Gasteiger partial charge in [0.25, 0.3) is 5.95 Å². The zero-order valence-electron chi connectivity index (χ0n) is 9.24. The fourth-order valence-corrected chi connectivity index (χ4v) is 1.72. The highest BCUT2D eigenvalue weighted by atomic mass is 32.2. The van der Waals surface area contributed by atoms with Gasteiger partial charge in [-0.05, 0) is 0 Å². The summed E-state index contributed by atoms with van der Waals surface area (Å²) in [5.41, 5.74) is 0. The van der Waals surface area contributed by atoms with E-state index in [1.165, 1.54) is 7.05 Å². The fourth-order valence-electron chi connectivity index (χ4n) is 1.11. The lowest BCUT2D eigenvalue weighted by atomic mass is 10.4. The first-order valence-corrected chi connectivity index (χ1v) is 6.67. The van der Waals surface area contributed by atoms with E-state index < -0.39 is 33.2 Å². The maximum absolute atomic E-state index is 13.2. The monoisotopic (exact) mass is 268 g/mol. The van der Waals surface area contributed by atoms with Crippen molar-refractivity contribution in [1.29, 1.82) is 0 Å². The summed E-state index contributed by atoms with van der Waals surface area (Å²) >= 11 is 0. The van der Waals surface area contributed by atoms with Crippen molar-refractivity contribution in [3.63, 3.8) is 0 Å². The van der Waals surface area contributed by atoms with Crippen molar-refractivity contribution in [2.75, 3.05) is 30.5 Å². The molecule has 1 rings (SSSR count). The van der Waals surface area contributed by atoms with Crippen molar-refractivity contribution in [3.05, 3.63) is 23.6 Å². The van der Waals surface area contributed by atoms with Crippen molar-refractivity contribution < 1.29 is 21.6 Å². The molecule has 0 saturated heterocycles. The molecule has 0 amide bonds. The van der Waals surface area contributed by atoms with E-state index in [1.807, 2.05) is 0 Å². The number of aromatic nitrogens is 1. The first-order valence-electron chi connectivity index (χ1n) is 4.61. The number of nitrogens with zero attached hydrogens (tertiary/aromatic N) is 2. The summed E-state index contributed by atoms with van der Waals surface area (Å²) in [6, 6.07) is 0.370. The topological polar surface area (TPSA) is 50.3 Å². The summed E-state index contributed by atoms with van der Waals surface area (Å²) in [6.45, 7) is -0.0617.